The predicted molar refractivity (Wildman–Crippen MR) is 84.6 cm³/mol. The van der Waals surface area contributed by atoms with Crippen molar-refractivity contribution in [3.63, 3.8) is 0 Å². The highest BCUT2D eigenvalue weighted by Crippen LogP contribution is 2.10. The van der Waals surface area contributed by atoms with E-state index in [1.165, 1.54) is 0 Å². The molecule has 0 fully saturated rings. The van der Waals surface area contributed by atoms with Crippen LogP contribution in [0.2, 0.25) is 0 Å². The first-order valence-corrected chi connectivity index (χ1v) is 7.91. The van der Waals surface area contributed by atoms with Crippen LogP contribution in [0.4, 0.5) is 0 Å². The molecule has 0 radical (unpaired) electrons. The van der Waals surface area contributed by atoms with Crippen LogP contribution in [0.15, 0.2) is 42.7 Å². The van der Waals surface area contributed by atoms with Gasteiger partial charge in [-0.05, 0) is 17.2 Å². The summed E-state index contributed by atoms with van der Waals surface area (Å²) in [4.78, 5) is 22.1. The van der Waals surface area contributed by atoms with Gasteiger partial charge in [-0.1, -0.05) is 24.3 Å². The number of carbonyl (C=O) groups excluding carboxylic acids is 1. The lowest BCUT2D eigenvalue weighted by Crippen LogP contribution is -2.25. The van der Waals surface area contributed by atoms with Gasteiger partial charge in [0.1, 0.15) is 0 Å². The van der Waals surface area contributed by atoms with Gasteiger partial charge < -0.3 is 10.4 Å². The van der Waals surface area contributed by atoms with Crippen LogP contribution in [0.25, 0.3) is 0 Å². The number of nitrogens with zero attached hydrogens (tertiary/aromatic N) is 2. The van der Waals surface area contributed by atoms with Gasteiger partial charge in [-0.3, -0.25) is 14.3 Å². The average Bonchev–Trinajstić information content (AvgIpc) is 2.99. The molecular formula is C15H17N3O3S. The molecule has 1 aromatic carbocycles. The molecule has 0 saturated carbocycles. The number of rotatable bonds is 8. The number of nitrogens with one attached hydrogen (secondary N) is 1. The van der Waals surface area contributed by atoms with E-state index in [1.807, 2.05) is 41.2 Å². The van der Waals surface area contributed by atoms with E-state index in [-0.39, 0.29) is 17.4 Å². The van der Waals surface area contributed by atoms with E-state index >= 15 is 0 Å². The summed E-state index contributed by atoms with van der Waals surface area (Å²) >= 11 is 1.09. The van der Waals surface area contributed by atoms with Gasteiger partial charge >= 0.3 is 5.97 Å². The van der Waals surface area contributed by atoms with Crippen molar-refractivity contribution in [1.82, 2.24) is 15.1 Å². The fourth-order valence-corrected chi connectivity index (χ4v) is 2.49. The summed E-state index contributed by atoms with van der Waals surface area (Å²) in [5.74, 6) is -1.00. The quantitative estimate of drug-likeness (QED) is 0.767. The molecule has 1 heterocycles. The van der Waals surface area contributed by atoms with Crippen LogP contribution in [0.5, 0.6) is 0 Å². The first-order valence-electron chi connectivity index (χ1n) is 6.75. The van der Waals surface area contributed by atoms with Crippen LogP contribution in [0, 0.1) is 0 Å². The Labute approximate surface area is 132 Å². The molecule has 0 aliphatic carbocycles. The predicted octanol–water partition coefficient (Wildman–Crippen LogP) is 1.37. The third-order valence-electron chi connectivity index (χ3n) is 2.94. The number of hydrogen-bond acceptors (Lipinski definition) is 4. The zero-order valence-corrected chi connectivity index (χ0v) is 12.8. The Morgan fingerprint density at radius 2 is 1.95 bits per heavy atom. The van der Waals surface area contributed by atoms with E-state index in [2.05, 4.69) is 10.4 Å². The van der Waals surface area contributed by atoms with Crippen LogP contribution in [0.1, 0.15) is 11.1 Å². The second kappa shape index (κ2) is 8.23. The van der Waals surface area contributed by atoms with Crippen molar-refractivity contribution in [3.05, 3.63) is 53.9 Å². The zero-order valence-electron chi connectivity index (χ0n) is 11.9. The van der Waals surface area contributed by atoms with Gasteiger partial charge in [0.2, 0.25) is 5.91 Å². The Morgan fingerprint density at radius 1 is 1.18 bits per heavy atom. The smallest absolute Gasteiger partial charge is 0.313 e. The third kappa shape index (κ3) is 5.25. The van der Waals surface area contributed by atoms with Gasteiger partial charge in [0.05, 0.1) is 18.1 Å². The van der Waals surface area contributed by atoms with Gasteiger partial charge in [-0.15, -0.1) is 11.8 Å². The van der Waals surface area contributed by atoms with Crippen LogP contribution < -0.4 is 5.32 Å². The highest BCUT2D eigenvalue weighted by molar-refractivity contribution is 8.00. The fourth-order valence-electron chi connectivity index (χ4n) is 1.93. The molecule has 0 atom stereocenters. The molecule has 2 aromatic rings. The number of carboxylic acids is 1. The van der Waals surface area contributed by atoms with Crippen molar-refractivity contribution in [2.45, 2.75) is 13.1 Å². The molecule has 2 rings (SSSR count). The van der Waals surface area contributed by atoms with E-state index in [9.17, 15) is 9.59 Å². The molecule has 0 spiro atoms. The van der Waals surface area contributed by atoms with E-state index in [1.54, 1.807) is 6.20 Å². The lowest BCUT2D eigenvalue weighted by Gasteiger charge is -2.11. The van der Waals surface area contributed by atoms with Crippen molar-refractivity contribution in [3.8, 4) is 0 Å². The monoisotopic (exact) mass is 319 g/mol. The molecular weight excluding hydrogens is 302 g/mol. The maximum atomic E-state index is 11.7. The SMILES string of the molecule is O=C(O)CSCC(=O)NCc1ccccc1Cn1cccn1. The standard InChI is InChI=1S/C15H17N3O3S/c19-14(10-22-11-15(20)21)16-8-12-4-1-2-5-13(12)9-18-7-3-6-17-18/h1-7H,8-11H2,(H,16,19)(H,20,21). The summed E-state index contributed by atoms with van der Waals surface area (Å²) in [5, 5.41) is 15.5. The second-order valence-corrected chi connectivity index (χ2v) is 5.62. The molecule has 0 aliphatic heterocycles. The molecule has 7 heteroatoms. The molecule has 0 saturated heterocycles. The number of carbonyl (C=O) groups is 2. The molecule has 116 valence electrons. The summed E-state index contributed by atoms with van der Waals surface area (Å²) in [6.07, 6.45) is 3.61. The summed E-state index contributed by atoms with van der Waals surface area (Å²) in [5.41, 5.74) is 2.11. The van der Waals surface area contributed by atoms with Crippen LogP contribution in [-0.4, -0.2) is 38.3 Å². The molecule has 0 bridgehead atoms. The molecule has 6 nitrogen and oxygen atoms in total. The first-order chi connectivity index (χ1) is 10.6. The Morgan fingerprint density at radius 3 is 2.64 bits per heavy atom. The topological polar surface area (TPSA) is 84.2 Å². The summed E-state index contributed by atoms with van der Waals surface area (Å²) in [6.45, 7) is 1.07. The van der Waals surface area contributed by atoms with Gasteiger partial charge in [-0.25, -0.2) is 0 Å². The van der Waals surface area contributed by atoms with Gasteiger partial charge in [0.15, 0.2) is 0 Å². The van der Waals surface area contributed by atoms with E-state index < -0.39 is 5.97 Å². The highest BCUT2D eigenvalue weighted by Gasteiger charge is 2.07. The number of aliphatic carboxylic acids is 1. The normalized spacial score (nSPS) is 10.4. The Kier molecular flexibility index (Phi) is 6.02. The number of thioether (sulfide) groups is 1. The third-order valence-corrected chi connectivity index (χ3v) is 3.86. The maximum absolute atomic E-state index is 11.7. The van der Waals surface area contributed by atoms with Crippen molar-refractivity contribution in [2.24, 2.45) is 0 Å². The number of carboxylic acid groups (broad SMARTS) is 1. The molecule has 2 N–H and O–H groups in total. The number of amides is 1. The van der Waals surface area contributed by atoms with Crippen molar-refractivity contribution in [2.75, 3.05) is 11.5 Å². The van der Waals surface area contributed by atoms with Crippen LogP contribution in [0.3, 0.4) is 0 Å². The first kappa shape index (κ1) is 16.1. The largest absolute Gasteiger partial charge is 0.481 e. The van der Waals surface area contributed by atoms with E-state index in [0.29, 0.717) is 13.1 Å². The lowest BCUT2D eigenvalue weighted by molar-refractivity contribution is -0.133. The number of benzene rings is 1. The van der Waals surface area contributed by atoms with Crippen molar-refractivity contribution in [1.29, 1.82) is 0 Å². The Balaban J connectivity index is 1.87. The van der Waals surface area contributed by atoms with Gasteiger partial charge in [-0.2, -0.15) is 5.10 Å². The highest BCUT2D eigenvalue weighted by atomic mass is 32.2. The Bertz CT molecular complexity index is 629. The van der Waals surface area contributed by atoms with Crippen LogP contribution >= 0.6 is 11.8 Å². The van der Waals surface area contributed by atoms with Gasteiger partial charge in [0.25, 0.3) is 0 Å². The summed E-state index contributed by atoms with van der Waals surface area (Å²) in [7, 11) is 0. The zero-order chi connectivity index (χ0) is 15.8. The minimum absolute atomic E-state index is 0.0662. The minimum atomic E-state index is -0.914. The van der Waals surface area contributed by atoms with Crippen molar-refractivity contribution >= 4 is 23.6 Å². The summed E-state index contributed by atoms with van der Waals surface area (Å²) in [6, 6.07) is 9.70. The maximum Gasteiger partial charge on any atom is 0.313 e. The fraction of sp³-hybridized carbons (Fsp3) is 0.267. The Hall–Kier alpha value is -2.28. The molecule has 1 amide bonds. The van der Waals surface area contributed by atoms with Crippen LogP contribution in [-0.2, 0) is 22.7 Å². The molecule has 0 aliphatic rings. The number of hydrogen-bond donors (Lipinski definition) is 2. The summed E-state index contributed by atoms with van der Waals surface area (Å²) < 4.78 is 1.82. The second-order valence-electron chi connectivity index (χ2n) is 4.64. The van der Waals surface area contributed by atoms with E-state index in [4.69, 9.17) is 5.11 Å². The minimum Gasteiger partial charge on any atom is -0.481 e. The molecule has 0 unspecified atom stereocenters. The molecule has 22 heavy (non-hydrogen) atoms. The number of aromatic nitrogens is 2. The van der Waals surface area contributed by atoms with E-state index in [0.717, 1.165) is 22.9 Å². The van der Waals surface area contributed by atoms with Gasteiger partial charge in [0, 0.05) is 18.9 Å². The lowest BCUT2D eigenvalue weighted by atomic mass is 10.1. The molecule has 1 aromatic heterocycles. The average molecular weight is 319 g/mol. The van der Waals surface area contributed by atoms with Crippen molar-refractivity contribution < 1.29 is 14.7 Å².